The normalized spacial score (nSPS) is 28.6. The lowest BCUT2D eigenvalue weighted by Gasteiger charge is -2.48. The van der Waals surface area contributed by atoms with Crippen LogP contribution < -0.4 is 11.1 Å². The molecule has 4 N–H and O–H groups in total. The van der Waals surface area contributed by atoms with Crippen LogP contribution in [0.4, 0.5) is 0 Å². The minimum Gasteiger partial charge on any atom is -0.481 e. The molecule has 1 unspecified atom stereocenters. The van der Waals surface area contributed by atoms with Crippen molar-refractivity contribution in [3.63, 3.8) is 0 Å². The molecule has 0 spiro atoms. The monoisotopic (exact) mass is 258 g/mol. The van der Waals surface area contributed by atoms with E-state index in [0.29, 0.717) is 19.4 Å². The SMILES string of the molecule is CC(=O)NC(COC(C)C)C1(N)CC(C(=O)O)C1. The van der Waals surface area contributed by atoms with Crippen LogP contribution in [0.25, 0.3) is 0 Å². The molecule has 1 rings (SSSR count). The molecule has 0 aromatic carbocycles. The van der Waals surface area contributed by atoms with Crippen LogP contribution in [0, 0.1) is 5.92 Å². The maximum Gasteiger partial charge on any atom is 0.306 e. The lowest BCUT2D eigenvalue weighted by Crippen LogP contribution is -2.67. The number of nitrogens with one attached hydrogen (secondary N) is 1. The highest BCUT2D eigenvalue weighted by Gasteiger charge is 2.50. The number of aliphatic carboxylic acids is 1. The van der Waals surface area contributed by atoms with E-state index in [1.807, 2.05) is 13.8 Å². The summed E-state index contributed by atoms with van der Waals surface area (Å²) in [6.07, 6.45) is 0.781. The van der Waals surface area contributed by atoms with Crippen LogP contribution in [0.15, 0.2) is 0 Å². The number of carboxylic acids is 1. The molecule has 6 nitrogen and oxygen atoms in total. The zero-order valence-electron chi connectivity index (χ0n) is 11.1. The van der Waals surface area contributed by atoms with Crippen LogP contribution in [-0.2, 0) is 14.3 Å². The van der Waals surface area contributed by atoms with Gasteiger partial charge in [0.1, 0.15) is 0 Å². The summed E-state index contributed by atoms with van der Waals surface area (Å²) in [5, 5.41) is 11.6. The molecular weight excluding hydrogens is 236 g/mol. The molecule has 1 aliphatic carbocycles. The number of amides is 1. The van der Waals surface area contributed by atoms with Crippen LogP contribution in [0.3, 0.4) is 0 Å². The summed E-state index contributed by atoms with van der Waals surface area (Å²) in [6, 6.07) is -0.340. The van der Waals surface area contributed by atoms with Gasteiger partial charge in [-0.05, 0) is 26.7 Å². The summed E-state index contributed by atoms with van der Waals surface area (Å²) >= 11 is 0. The first-order valence-corrected chi connectivity index (χ1v) is 6.15. The predicted molar refractivity (Wildman–Crippen MR) is 66.0 cm³/mol. The van der Waals surface area contributed by atoms with E-state index < -0.39 is 17.4 Å². The van der Waals surface area contributed by atoms with Gasteiger partial charge in [0, 0.05) is 12.5 Å². The molecule has 104 valence electrons. The second kappa shape index (κ2) is 5.67. The van der Waals surface area contributed by atoms with Crippen molar-refractivity contribution >= 4 is 11.9 Å². The van der Waals surface area contributed by atoms with Gasteiger partial charge in [0.2, 0.25) is 5.91 Å². The zero-order chi connectivity index (χ0) is 13.9. The zero-order valence-corrected chi connectivity index (χ0v) is 11.1. The topological polar surface area (TPSA) is 102 Å². The van der Waals surface area contributed by atoms with Crippen molar-refractivity contribution in [1.82, 2.24) is 5.32 Å². The van der Waals surface area contributed by atoms with E-state index in [2.05, 4.69) is 5.32 Å². The first-order chi connectivity index (χ1) is 8.24. The van der Waals surface area contributed by atoms with Crippen LogP contribution in [0.5, 0.6) is 0 Å². The van der Waals surface area contributed by atoms with E-state index >= 15 is 0 Å². The average molecular weight is 258 g/mol. The fourth-order valence-corrected chi connectivity index (χ4v) is 2.20. The van der Waals surface area contributed by atoms with Gasteiger partial charge in [-0.2, -0.15) is 0 Å². The Morgan fingerprint density at radius 3 is 2.44 bits per heavy atom. The van der Waals surface area contributed by atoms with Crippen LogP contribution >= 0.6 is 0 Å². The molecule has 0 saturated heterocycles. The van der Waals surface area contributed by atoms with E-state index in [1.165, 1.54) is 6.92 Å². The number of nitrogens with two attached hydrogens (primary N) is 1. The van der Waals surface area contributed by atoms with Gasteiger partial charge in [-0.3, -0.25) is 9.59 Å². The number of carboxylic acid groups (broad SMARTS) is 1. The maximum absolute atomic E-state index is 11.2. The first kappa shape index (κ1) is 14.9. The van der Waals surface area contributed by atoms with Crippen molar-refractivity contribution in [2.75, 3.05) is 6.61 Å². The molecule has 1 saturated carbocycles. The highest BCUT2D eigenvalue weighted by atomic mass is 16.5. The molecule has 6 heteroatoms. The van der Waals surface area contributed by atoms with Gasteiger partial charge in [-0.25, -0.2) is 0 Å². The minimum atomic E-state index is -0.831. The molecule has 1 aliphatic rings. The number of hydrogen-bond acceptors (Lipinski definition) is 4. The highest BCUT2D eigenvalue weighted by molar-refractivity contribution is 5.74. The van der Waals surface area contributed by atoms with Crippen LogP contribution in [0.1, 0.15) is 33.6 Å². The molecule has 0 radical (unpaired) electrons. The van der Waals surface area contributed by atoms with Gasteiger partial charge in [0.25, 0.3) is 0 Å². The lowest BCUT2D eigenvalue weighted by molar-refractivity contribution is -0.148. The molecule has 0 aromatic rings. The Bertz CT molecular complexity index is 324. The number of rotatable bonds is 6. The van der Waals surface area contributed by atoms with Crippen LogP contribution in [-0.4, -0.2) is 41.3 Å². The maximum atomic E-state index is 11.2. The van der Waals surface area contributed by atoms with Crippen molar-refractivity contribution < 1.29 is 19.4 Å². The standard InChI is InChI=1S/C12H22N2O4/c1-7(2)18-6-10(14-8(3)15)12(13)4-9(5-12)11(16)17/h7,9-10H,4-6,13H2,1-3H3,(H,14,15)(H,16,17). The molecular formula is C12H22N2O4. The number of ether oxygens (including phenoxy) is 1. The van der Waals surface area contributed by atoms with E-state index in [0.717, 1.165) is 0 Å². The Morgan fingerprint density at radius 1 is 1.50 bits per heavy atom. The van der Waals surface area contributed by atoms with E-state index in [9.17, 15) is 9.59 Å². The Kier molecular flexibility index (Phi) is 4.70. The molecule has 1 fully saturated rings. The molecule has 1 amide bonds. The van der Waals surface area contributed by atoms with E-state index in [1.54, 1.807) is 0 Å². The molecule has 18 heavy (non-hydrogen) atoms. The first-order valence-electron chi connectivity index (χ1n) is 6.15. The summed E-state index contributed by atoms with van der Waals surface area (Å²) in [7, 11) is 0. The summed E-state index contributed by atoms with van der Waals surface area (Å²) in [5.41, 5.74) is 5.47. The Hall–Kier alpha value is -1.14. The van der Waals surface area contributed by atoms with Gasteiger partial charge >= 0.3 is 5.97 Å². The smallest absolute Gasteiger partial charge is 0.306 e. The second-order valence-corrected chi connectivity index (χ2v) is 5.31. The third kappa shape index (κ3) is 3.68. The number of carbonyl (C=O) groups excluding carboxylic acids is 1. The van der Waals surface area contributed by atoms with Crippen molar-refractivity contribution in [3.05, 3.63) is 0 Å². The van der Waals surface area contributed by atoms with Gasteiger partial charge in [0.15, 0.2) is 0 Å². The van der Waals surface area contributed by atoms with Gasteiger partial charge in [-0.1, -0.05) is 0 Å². The predicted octanol–water partition coefficient (Wildman–Crippen LogP) is 0.108. The third-order valence-corrected chi connectivity index (χ3v) is 3.27. The Balaban J connectivity index is 2.60. The number of hydrogen-bond donors (Lipinski definition) is 3. The lowest BCUT2D eigenvalue weighted by atomic mass is 9.65. The number of carbonyl (C=O) groups is 2. The summed E-state index contributed by atoms with van der Waals surface area (Å²) in [5.74, 6) is -1.43. The Labute approximate surface area is 107 Å². The Morgan fingerprint density at radius 2 is 2.06 bits per heavy atom. The molecule has 0 bridgehead atoms. The largest absolute Gasteiger partial charge is 0.481 e. The average Bonchev–Trinajstić information content (AvgIpc) is 2.18. The van der Waals surface area contributed by atoms with Crippen molar-refractivity contribution in [2.45, 2.75) is 51.3 Å². The fourth-order valence-electron chi connectivity index (χ4n) is 2.20. The van der Waals surface area contributed by atoms with Gasteiger partial charge in [0.05, 0.1) is 24.7 Å². The van der Waals surface area contributed by atoms with Crippen molar-refractivity contribution in [2.24, 2.45) is 11.7 Å². The highest BCUT2D eigenvalue weighted by Crippen LogP contribution is 2.38. The van der Waals surface area contributed by atoms with Crippen molar-refractivity contribution in [1.29, 1.82) is 0 Å². The summed E-state index contributed by atoms with van der Waals surface area (Å²) in [4.78, 5) is 22.0. The molecule has 0 aromatic heterocycles. The van der Waals surface area contributed by atoms with Gasteiger partial charge in [-0.15, -0.1) is 0 Å². The van der Waals surface area contributed by atoms with Gasteiger partial charge < -0.3 is 20.9 Å². The molecule has 0 heterocycles. The minimum absolute atomic E-state index is 0.0419. The quantitative estimate of drug-likeness (QED) is 0.627. The van der Waals surface area contributed by atoms with Crippen molar-refractivity contribution in [3.8, 4) is 0 Å². The fraction of sp³-hybridized carbons (Fsp3) is 0.833. The molecule has 1 atom stereocenters. The summed E-state index contributed by atoms with van der Waals surface area (Å²) < 4.78 is 5.48. The van der Waals surface area contributed by atoms with Crippen LogP contribution in [0.2, 0.25) is 0 Å². The third-order valence-electron chi connectivity index (χ3n) is 3.27. The molecule has 0 aliphatic heterocycles. The van der Waals surface area contributed by atoms with E-state index in [4.69, 9.17) is 15.6 Å². The summed E-state index contributed by atoms with van der Waals surface area (Å²) in [6.45, 7) is 5.52. The second-order valence-electron chi connectivity index (χ2n) is 5.31. The van der Waals surface area contributed by atoms with E-state index in [-0.39, 0.29) is 18.1 Å².